The monoisotopic (exact) mass is 237 g/mol. The first-order chi connectivity index (χ1) is 7.93. The fourth-order valence-corrected chi connectivity index (χ4v) is 1.36. The van der Waals surface area contributed by atoms with Crippen LogP contribution in [0, 0.1) is 5.92 Å². The molecule has 0 bridgehead atoms. The molecule has 1 atom stereocenters. The van der Waals surface area contributed by atoms with E-state index < -0.39 is 0 Å². The van der Waals surface area contributed by atoms with Crippen molar-refractivity contribution in [3.8, 4) is 5.88 Å². The summed E-state index contributed by atoms with van der Waals surface area (Å²) in [6.45, 7) is 10.5. The van der Waals surface area contributed by atoms with Gasteiger partial charge in [0.15, 0.2) is 0 Å². The third-order valence-electron chi connectivity index (χ3n) is 2.90. The summed E-state index contributed by atoms with van der Waals surface area (Å²) in [5, 5.41) is 9.23. The molecule has 96 valence electrons. The first kappa shape index (κ1) is 14.0. The molecule has 0 aromatic carbocycles. The Morgan fingerprint density at radius 2 is 1.82 bits per heavy atom. The Morgan fingerprint density at radius 3 is 2.29 bits per heavy atom. The molecule has 1 heterocycles. The Bertz CT molecular complexity index is 361. The van der Waals surface area contributed by atoms with Crippen LogP contribution in [0.2, 0.25) is 0 Å². The predicted octanol–water partition coefficient (Wildman–Crippen LogP) is 3.12. The molecule has 0 fully saturated rings. The lowest BCUT2D eigenvalue weighted by molar-refractivity contribution is 0.162. The van der Waals surface area contributed by atoms with Crippen molar-refractivity contribution in [1.82, 2.24) is 4.98 Å². The van der Waals surface area contributed by atoms with Gasteiger partial charge >= 0.3 is 0 Å². The third-order valence-corrected chi connectivity index (χ3v) is 2.90. The molecule has 0 radical (unpaired) electrons. The smallest absolute Gasteiger partial charge is 0.214 e. The molecule has 0 aliphatic heterocycles. The summed E-state index contributed by atoms with van der Waals surface area (Å²) < 4.78 is 5.79. The predicted molar refractivity (Wildman–Crippen MR) is 69.2 cm³/mol. The molecule has 1 aromatic rings. The lowest BCUT2D eigenvalue weighted by Crippen LogP contribution is -2.19. The molecule has 1 N–H and O–H groups in total. The molecule has 17 heavy (non-hydrogen) atoms. The number of aromatic nitrogens is 1. The SMILES string of the molecule is CC(C)c1cc(CO)cc(OC(C)C(C)C)n1. The van der Waals surface area contributed by atoms with Crippen LogP contribution in [0.3, 0.4) is 0 Å². The zero-order valence-corrected chi connectivity index (χ0v) is 11.4. The van der Waals surface area contributed by atoms with Crippen LogP contribution in [0.1, 0.15) is 51.8 Å². The highest BCUT2D eigenvalue weighted by Gasteiger charge is 2.12. The van der Waals surface area contributed by atoms with Crippen LogP contribution in [-0.2, 0) is 6.61 Å². The Labute approximate surface area is 104 Å². The fourth-order valence-electron chi connectivity index (χ4n) is 1.36. The maximum Gasteiger partial charge on any atom is 0.214 e. The van der Waals surface area contributed by atoms with Gasteiger partial charge in [0.05, 0.1) is 12.7 Å². The van der Waals surface area contributed by atoms with Crippen LogP contribution in [0.25, 0.3) is 0 Å². The highest BCUT2D eigenvalue weighted by molar-refractivity contribution is 5.26. The quantitative estimate of drug-likeness (QED) is 0.855. The van der Waals surface area contributed by atoms with E-state index >= 15 is 0 Å². The maximum absolute atomic E-state index is 9.23. The van der Waals surface area contributed by atoms with Gasteiger partial charge in [-0.1, -0.05) is 27.7 Å². The van der Waals surface area contributed by atoms with Gasteiger partial charge in [0, 0.05) is 11.8 Å². The lowest BCUT2D eigenvalue weighted by atomic mass is 10.1. The van der Waals surface area contributed by atoms with E-state index in [0.717, 1.165) is 11.3 Å². The van der Waals surface area contributed by atoms with Gasteiger partial charge in [-0.15, -0.1) is 0 Å². The molecule has 1 rings (SSSR count). The summed E-state index contributed by atoms with van der Waals surface area (Å²) in [6.07, 6.45) is 0.122. The van der Waals surface area contributed by atoms with Crippen molar-refractivity contribution >= 4 is 0 Å². The van der Waals surface area contributed by atoms with E-state index in [9.17, 15) is 5.11 Å². The van der Waals surface area contributed by atoms with Gasteiger partial charge in [-0.25, -0.2) is 4.98 Å². The van der Waals surface area contributed by atoms with Gasteiger partial charge in [-0.05, 0) is 30.4 Å². The molecule has 0 aliphatic carbocycles. The van der Waals surface area contributed by atoms with E-state index in [1.54, 1.807) is 0 Å². The summed E-state index contributed by atoms with van der Waals surface area (Å²) in [5.41, 5.74) is 1.82. The normalized spacial score (nSPS) is 13.2. The van der Waals surface area contributed by atoms with E-state index in [1.807, 2.05) is 19.1 Å². The number of pyridine rings is 1. The first-order valence-electron chi connectivity index (χ1n) is 6.22. The second kappa shape index (κ2) is 6.01. The second-order valence-electron chi connectivity index (χ2n) is 5.12. The highest BCUT2D eigenvalue weighted by Crippen LogP contribution is 2.21. The van der Waals surface area contributed by atoms with Crippen LogP contribution in [0.15, 0.2) is 12.1 Å². The van der Waals surface area contributed by atoms with Crippen LogP contribution < -0.4 is 4.74 Å². The number of aliphatic hydroxyl groups excluding tert-OH is 1. The van der Waals surface area contributed by atoms with E-state index in [1.165, 1.54) is 0 Å². The summed E-state index contributed by atoms with van der Waals surface area (Å²) in [5.74, 6) is 1.39. The Balaban J connectivity index is 2.94. The van der Waals surface area contributed by atoms with E-state index in [-0.39, 0.29) is 12.7 Å². The van der Waals surface area contributed by atoms with E-state index in [0.29, 0.717) is 17.7 Å². The zero-order valence-electron chi connectivity index (χ0n) is 11.4. The van der Waals surface area contributed by atoms with Gasteiger partial charge in [0.25, 0.3) is 0 Å². The zero-order chi connectivity index (χ0) is 13.0. The summed E-state index contributed by atoms with van der Waals surface area (Å²) >= 11 is 0. The first-order valence-corrected chi connectivity index (χ1v) is 6.22. The Kier molecular flexibility index (Phi) is 4.94. The fraction of sp³-hybridized carbons (Fsp3) is 0.643. The number of rotatable bonds is 5. The minimum Gasteiger partial charge on any atom is -0.474 e. The maximum atomic E-state index is 9.23. The van der Waals surface area contributed by atoms with Crippen LogP contribution in [0.5, 0.6) is 5.88 Å². The minimum absolute atomic E-state index is 0.0225. The van der Waals surface area contributed by atoms with Crippen molar-refractivity contribution < 1.29 is 9.84 Å². The van der Waals surface area contributed by atoms with Crippen molar-refractivity contribution in [2.24, 2.45) is 5.92 Å². The molecule has 0 spiro atoms. The Morgan fingerprint density at radius 1 is 1.18 bits per heavy atom. The van der Waals surface area contributed by atoms with Gasteiger partial charge in [0.1, 0.15) is 0 Å². The van der Waals surface area contributed by atoms with E-state index in [4.69, 9.17) is 4.74 Å². The molecule has 0 amide bonds. The summed E-state index contributed by atoms with van der Waals surface area (Å²) in [6, 6.07) is 3.74. The topological polar surface area (TPSA) is 42.4 Å². The number of hydrogen-bond donors (Lipinski definition) is 1. The standard InChI is InChI=1S/C14H23NO2/c1-9(2)11(5)17-14-7-12(8-16)6-13(15-14)10(3)4/h6-7,9-11,16H,8H2,1-5H3. The van der Waals surface area contributed by atoms with Crippen LogP contribution in [0.4, 0.5) is 0 Å². The summed E-state index contributed by atoms with van der Waals surface area (Å²) in [4.78, 5) is 4.47. The van der Waals surface area contributed by atoms with Gasteiger partial charge in [0.2, 0.25) is 5.88 Å². The van der Waals surface area contributed by atoms with Crippen LogP contribution >= 0.6 is 0 Å². The molecular formula is C14H23NO2. The van der Waals surface area contributed by atoms with Crippen molar-refractivity contribution in [1.29, 1.82) is 0 Å². The molecule has 0 aliphatic rings. The molecular weight excluding hydrogens is 214 g/mol. The average molecular weight is 237 g/mol. The Hall–Kier alpha value is -1.09. The molecule has 3 nitrogen and oxygen atoms in total. The number of hydrogen-bond acceptors (Lipinski definition) is 3. The number of aliphatic hydroxyl groups is 1. The van der Waals surface area contributed by atoms with Crippen molar-refractivity contribution in [3.63, 3.8) is 0 Å². The van der Waals surface area contributed by atoms with Gasteiger partial charge in [-0.3, -0.25) is 0 Å². The lowest BCUT2D eigenvalue weighted by Gasteiger charge is -2.18. The highest BCUT2D eigenvalue weighted by atomic mass is 16.5. The van der Waals surface area contributed by atoms with Crippen molar-refractivity contribution in [3.05, 3.63) is 23.4 Å². The summed E-state index contributed by atoms with van der Waals surface area (Å²) in [7, 11) is 0. The second-order valence-corrected chi connectivity index (χ2v) is 5.12. The van der Waals surface area contributed by atoms with Crippen molar-refractivity contribution in [2.75, 3.05) is 0 Å². The third kappa shape index (κ3) is 4.00. The molecule has 0 saturated heterocycles. The molecule has 0 saturated carbocycles. The minimum atomic E-state index is 0.0225. The number of ether oxygens (including phenoxy) is 1. The van der Waals surface area contributed by atoms with Crippen LogP contribution in [-0.4, -0.2) is 16.2 Å². The average Bonchev–Trinajstić information content (AvgIpc) is 2.28. The molecule has 1 aromatic heterocycles. The molecule has 3 heteroatoms. The van der Waals surface area contributed by atoms with Gasteiger partial charge in [-0.2, -0.15) is 0 Å². The van der Waals surface area contributed by atoms with Gasteiger partial charge < -0.3 is 9.84 Å². The largest absolute Gasteiger partial charge is 0.474 e. The van der Waals surface area contributed by atoms with Crippen molar-refractivity contribution in [2.45, 2.75) is 53.2 Å². The molecule has 1 unspecified atom stereocenters. The number of nitrogens with zero attached hydrogens (tertiary/aromatic N) is 1. The van der Waals surface area contributed by atoms with E-state index in [2.05, 4.69) is 32.7 Å².